The van der Waals surface area contributed by atoms with Gasteiger partial charge in [0.2, 0.25) is 0 Å². The van der Waals surface area contributed by atoms with Crippen molar-refractivity contribution in [1.29, 1.82) is 0 Å². The molecule has 1 aliphatic rings. The number of halogens is 1. The smallest absolute Gasteiger partial charge is 0.0983 e. The standard InChI is InChI=1S/C21H25NO.BrH/c23-21(16-14-18-9-3-1-4-10-18)15-8-7-13-20(21)22-17-19-11-5-2-6-12-19;/h1-6,9-12,14,16,20,22-23H,7-8,13,15,17H2;1H/b16-14+;/t20-,21+;/m1./s1. The molecule has 3 heteroatoms. The fourth-order valence-electron chi connectivity index (χ4n) is 3.30. The quantitative estimate of drug-likeness (QED) is 0.776. The van der Waals surface area contributed by atoms with Gasteiger partial charge in [-0.2, -0.15) is 0 Å². The van der Waals surface area contributed by atoms with E-state index >= 15 is 0 Å². The Morgan fingerprint density at radius 3 is 2.38 bits per heavy atom. The van der Waals surface area contributed by atoms with Crippen LogP contribution in [0.2, 0.25) is 0 Å². The highest BCUT2D eigenvalue weighted by molar-refractivity contribution is 8.93. The second-order valence-electron chi connectivity index (χ2n) is 6.40. The third kappa shape index (κ3) is 5.04. The van der Waals surface area contributed by atoms with Crippen molar-refractivity contribution in [2.24, 2.45) is 0 Å². The summed E-state index contributed by atoms with van der Waals surface area (Å²) in [6, 6.07) is 20.7. The molecule has 0 saturated heterocycles. The molecule has 0 aromatic heterocycles. The van der Waals surface area contributed by atoms with Gasteiger partial charge in [-0.15, -0.1) is 17.0 Å². The Balaban J connectivity index is 0.00000208. The highest BCUT2D eigenvalue weighted by atomic mass is 79.9. The maximum atomic E-state index is 11.1. The summed E-state index contributed by atoms with van der Waals surface area (Å²) in [5.41, 5.74) is 1.63. The van der Waals surface area contributed by atoms with Crippen molar-refractivity contribution >= 4 is 23.1 Å². The number of nitrogens with one attached hydrogen (secondary N) is 1. The molecular weight excluding hydrogens is 362 g/mol. The van der Waals surface area contributed by atoms with E-state index in [9.17, 15) is 5.11 Å². The van der Waals surface area contributed by atoms with Crippen molar-refractivity contribution in [3.05, 3.63) is 77.9 Å². The molecule has 0 unspecified atom stereocenters. The van der Waals surface area contributed by atoms with Gasteiger partial charge < -0.3 is 10.4 Å². The first-order valence-corrected chi connectivity index (χ1v) is 8.50. The Labute approximate surface area is 155 Å². The molecule has 0 spiro atoms. The van der Waals surface area contributed by atoms with Crippen LogP contribution < -0.4 is 5.32 Å². The van der Waals surface area contributed by atoms with Crippen LogP contribution in [0, 0.1) is 0 Å². The molecule has 2 N–H and O–H groups in total. The van der Waals surface area contributed by atoms with Crippen LogP contribution >= 0.6 is 17.0 Å². The number of hydrogen-bond acceptors (Lipinski definition) is 2. The molecule has 24 heavy (non-hydrogen) atoms. The van der Waals surface area contributed by atoms with Crippen LogP contribution in [0.25, 0.3) is 6.08 Å². The zero-order valence-electron chi connectivity index (χ0n) is 13.9. The summed E-state index contributed by atoms with van der Waals surface area (Å²) in [6.45, 7) is 0.799. The summed E-state index contributed by atoms with van der Waals surface area (Å²) in [4.78, 5) is 0. The summed E-state index contributed by atoms with van der Waals surface area (Å²) in [7, 11) is 0. The first kappa shape index (κ1) is 18.9. The molecule has 1 saturated carbocycles. The molecule has 0 amide bonds. The van der Waals surface area contributed by atoms with E-state index in [4.69, 9.17) is 0 Å². The number of hydrogen-bond donors (Lipinski definition) is 2. The van der Waals surface area contributed by atoms with Gasteiger partial charge in [0.1, 0.15) is 0 Å². The molecular formula is C21H26BrNO. The van der Waals surface area contributed by atoms with Crippen LogP contribution in [-0.2, 0) is 6.54 Å². The average molecular weight is 388 g/mol. The number of benzene rings is 2. The van der Waals surface area contributed by atoms with E-state index in [1.165, 1.54) is 12.0 Å². The summed E-state index contributed by atoms with van der Waals surface area (Å²) in [6.07, 6.45) is 8.13. The van der Waals surface area contributed by atoms with Crippen LogP contribution in [-0.4, -0.2) is 16.7 Å². The van der Waals surface area contributed by atoms with Crippen molar-refractivity contribution in [2.45, 2.75) is 43.9 Å². The van der Waals surface area contributed by atoms with E-state index in [0.29, 0.717) is 0 Å². The third-order valence-corrected chi connectivity index (χ3v) is 4.68. The maximum Gasteiger partial charge on any atom is 0.0983 e. The topological polar surface area (TPSA) is 32.3 Å². The van der Waals surface area contributed by atoms with Crippen molar-refractivity contribution < 1.29 is 5.11 Å². The third-order valence-electron chi connectivity index (χ3n) is 4.68. The molecule has 0 heterocycles. The van der Waals surface area contributed by atoms with Gasteiger partial charge in [0.25, 0.3) is 0 Å². The van der Waals surface area contributed by atoms with Gasteiger partial charge in [-0.25, -0.2) is 0 Å². The summed E-state index contributed by atoms with van der Waals surface area (Å²) in [5.74, 6) is 0. The van der Waals surface area contributed by atoms with Crippen molar-refractivity contribution in [3.8, 4) is 0 Å². The molecule has 3 rings (SSSR count). The Hall–Kier alpha value is -1.42. The largest absolute Gasteiger partial charge is 0.384 e. The molecule has 2 atom stereocenters. The number of rotatable bonds is 5. The first-order chi connectivity index (χ1) is 11.3. The van der Waals surface area contributed by atoms with Gasteiger partial charge in [-0.05, 0) is 24.0 Å². The SMILES string of the molecule is Br.O[C@]1(/C=C/c2ccccc2)CCCC[C@H]1NCc1ccccc1. The molecule has 128 valence electrons. The zero-order valence-corrected chi connectivity index (χ0v) is 15.6. The van der Waals surface area contributed by atoms with Crippen molar-refractivity contribution in [3.63, 3.8) is 0 Å². The summed E-state index contributed by atoms with van der Waals surface area (Å²) < 4.78 is 0. The van der Waals surface area contributed by atoms with Gasteiger partial charge >= 0.3 is 0 Å². The van der Waals surface area contributed by atoms with Gasteiger partial charge in [0.15, 0.2) is 0 Å². The summed E-state index contributed by atoms with van der Waals surface area (Å²) >= 11 is 0. The van der Waals surface area contributed by atoms with Gasteiger partial charge in [0, 0.05) is 12.6 Å². The lowest BCUT2D eigenvalue weighted by Gasteiger charge is -2.38. The molecule has 0 bridgehead atoms. The van der Waals surface area contributed by atoms with E-state index in [1.807, 2.05) is 36.4 Å². The molecule has 1 fully saturated rings. The molecule has 1 aliphatic carbocycles. The molecule has 2 aromatic carbocycles. The first-order valence-electron chi connectivity index (χ1n) is 8.50. The van der Waals surface area contributed by atoms with Gasteiger partial charge in [0.05, 0.1) is 5.60 Å². The summed E-state index contributed by atoms with van der Waals surface area (Å²) in [5, 5.41) is 14.7. The molecule has 2 nitrogen and oxygen atoms in total. The highest BCUT2D eigenvalue weighted by Crippen LogP contribution is 2.30. The normalized spacial score (nSPS) is 23.8. The minimum atomic E-state index is -0.761. The van der Waals surface area contributed by atoms with Crippen LogP contribution in [0.4, 0.5) is 0 Å². The van der Waals surface area contributed by atoms with Gasteiger partial charge in [-0.1, -0.05) is 85.7 Å². The lowest BCUT2D eigenvalue weighted by Crippen LogP contribution is -2.51. The Morgan fingerprint density at radius 1 is 1.00 bits per heavy atom. The highest BCUT2D eigenvalue weighted by Gasteiger charge is 2.36. The second kappa shape index (κ2) is 9.16. The van der Waals surface area contributed by atoms with E-state index < -0.39 is 5.60 Å². The van der Waals surface area contributed by atoms with Crippen LogP contribution in [0.1, 0.15) is 36.8 Å². The minimum absolute atomic E-state index is 0. The van der Waals surface area contributed by atoms with Crippen molar-refractivity contribution in [2.75, 3.05) is 0 Å². The lowest BCUT2D eigenvalue weighted by molar-refractivity contribution is 0.0171. The Kier molecular flexibility index (Phi) is 7.22. The molecule has 0 aliphatic heterocycles. The Bertz CT molecular complexity index is 629. The number of aliphatic hydroxyl groups is 1. The van der Waals surface area contributed by atoms with E-state index in [2.05, 4.69) is 41.7 Å². The van der Waals surface area contributed by atoms with Crippen LogP contribution in [0.5, 0.6) is 0 Å². The lowest BCUT2D eigenvalue weighted by atomic mass is 9.79. The zero-order chi connectivity index (χ0) is 16.0. The average Bonchev–Trinajstić information content (AvgIpc) is 2.61. The van der Waals surface area contributed by atoms with E-state index in [0.717, 1.165) is 31.4 Å². The second-order valence-corrected chi connectivity index (χ2v) is 6.40. The van der Waals surface area contributed by atoms with Crippen molar-refractivity contribution in [1.82, 2.24) is 5.32 Å². The Morgan fingerprint density at radius 2 is 1.67 bits per heavy atom. The van der Waals surface area contributed by atoms with Crippen LogP contribution in [0.15, 0.2) is 66.7 Å². The fraction of sp³-hybridized carbons (Fsp3) is 0.333. The predicted molar refractivity (Wildman–Crippen MR) is 106 cm³/mol. The van der Waals surface area contributed by atoms with E-state index in [-0.39, 0.29) is 23.0 Å². The monoisotopic (exact) mass is 387 g/mol. The van der Waals surface area contributed by atoms with Crippen LogP contribution in [0.3, 0.4) is 0 Å². The predicted octanol–water partition coefficient (Wildman–Crippen LogP) is 4.74. The fourth-order valence-corrected chi connectivity index (χ4v) is 3.30. The van der Waals surface area contributed by atoms with E-state index in [1.54, 1.807) is 0 Å². The van der Waals surface area contributed by atoms with Gasteiger partial charge in [-0.3, -0.25) is 0 Å². The molecule has 0 radical (unpaired) electrons. The minimum Gasteiger partial charge on any atom is -0.384 e. The maximum absolute atomic E-state index is 11.1. The molecule has 2 aromatic rings.